The first-order valence-corrected chi connectivity index (χ1v) is 11.6. The molecule has 0 aliphatic carbocycles. The van der Waals surface area contributed by atoms with Gasteiger partial charge in [-0.25, -0.2) is 14.4 Å². The zero-order valence-corrected chi connectivity index (χ0v) is 20.5. The van der Waals surface area contributed by atoms with Crippen molar-refractivity contribution in [3.8, 4) is 0 Å². The third-order valence-electron chi connectivity index (χ3n) is 5.35. The van der Waals surface area contributed by atoms with Crippen molar-refractivity contribution in [2.45, 2.75) is 26.3 Å². The van der Waals surface area contributed by atoms with Crippen LogP contribution in [0.25, 0.3) is 10.2 Å². The molecule has 2 N–H and O–H groups in total. The SMILES string of the molecule is CNC(=O)c1nc(NC(=O)c2nsc3ncccc23)c([C@H](C)c2cc(F)ccc2Cl)n1CC(C)=O. The molecule has 9 nitrogen and oxygen atoms in total. The minimum atomic E-state index is -0.646. The van der Waals surface area contributed by atoms with Crippen LogP contribution in [0.3, 0.4) is 0 Å². The van der Waals surface area contributed by atoms with E-state index in [9.17, 15) is 18.8 Å². The number of ketones is 1. The zero-order valence-electron chi connectivity index (χ0n) is 18.9. The van der Waals surface area contributed by atoms with Crippen LogP contribution in [0.2, 0.25) is 5.02 Å². The van der Waals surface area contributed by atoms with Crippen LogP contribution < -0.4 is 10.6 Å². The van der Waals surface area contributed by atoms with E-state index in [0.717, 1.165) is 11.5 Å². The molecular formula is C23H20ClFN6O3S. The minimum Gasteiger partial charge on any atom is -0.352 e. The van der Waals surface area contributed by atoms with Crippen LogP contribution in [0.1, 0.15) is 52.1 Å². The third-order valence-corrected chi connectivity index (χ3v) is 6.47. The van der Waals surface area contributed by atoms with E-state index in [2.05, 4.69) is 25.0 Å². The van der Waals surface area contributed by atoms with E-state index in [4.69, 9.17) is 11.6 Å². The molecule has 0 unspecified atom stereocenters. The van der Waals surface area contributed by atoms with Crippen molar-refractivity contribution in [1.29, 1.82) is 0 Å². The average molecular weight is 515 g/mol. The highest BCUT2D eigenvalue weighted by atomic mass is 35.5. The summed E-state index contributed by atoms with van der Waals surface area (Å²) >= 11 is 7.43. The Balaban J connectivity index is 1.87. The van der Waals surface area contributed by atoms with Crippen LogP contribution in [0.5, 0.6) is 0 Å². The molecule has 1 aromatic carbocycles. The fraction of sp³-hybridized carbons (Fsp3) is 0.217. The number of hydrogen-bond donors (Lipinski definition) is 2. The summed E-state index contributed by atoms with van der Waals surface area (Å²) in [4.78, 5) is 47.1. The van der Waals surface area contributed by atoms with E-state index >= 15 is 0 Å². The molecule has 4 rings (SSSR count). The summed E-state index contributed by atoms with van der Waals surface area (Å²) in [5, 5.41) is 6.05. The number of aromatic nitrogens is 4. The predicted octanol–water partition coefficient (Wildman–Crippen LogP) is 4.03. The molecule has 3 heterocycles. The maximum Gasteiger partial charge on any atom is 0.287 e. The summed E-state index contributed by atoms with van der Waals surface area (Å²) in [7, 11) is 1.42. The van der Waals surface area contributed by atoms with Crippen LogP contribution in [0.4, 0.5) is 10.2 Å². The lowest BCUT2D eigenvalue weighted by Gasteiger charge is -2.19. The van der Waals surface area contributed by atoms with Gasteiger partial charge >= 0.3 is 0 Å². The molecule has 2 amide bonds. The Morgan fingerprint density at radius 1 is 1.23 bits per heavy atom. The fourth-order valence-electron chi connectivity index (χ4n) is 3.77. The quantitative estimate of drug-likeness (QED) is 0.384. The second kappa shape index (κ2) is 9.88. The second-order valence-corrected chi connectivity index (χ2v) is 8.92. The summed E-state index contributed by atoms with van der Waals surface area (Å²) in [6.45, 7) is 2.89. The smallest absolute Gasteiger partial charge is 0.287 e. The highest BCUT2D eigenvalue weighted by Gasteiger charge is 2.29. The number of amides is 2. The van der Waals surface area contributed by atoms with E-state index in [1.807, 2.05) is 0 Å². The first-order chi connectivity index (χ1) is 16.7. The highest BCUT2D eigenvalue weighted by Crippen LogP contribution is 2.35. The molecule has 4 aromatic rings. The number of imidazole rings is 1. The van der Waals surface area contributed by atoms with E-state index in [1.165, 1.54) is 36.7 Å². The molecule has 35 heavy (non-hydrogen) atoms. The largest absolute Gasteiger partial charge is 0.352 e. The summed E-state index contributed by atoms with van der Waals surface area (Å²) < 4.78 is 19.7. The lowest BCUT2D eigenvalue weighted by Crippen LogP contribution is -2.25. The number of halogens is 2. The van der Waals surface area contributed by atoms with Gasteiger partial charge in [0.15, 0.2) is 11.5 Å². The molecule has 0 fully saturated rings. The van der Waals surface area contributed by atoms with Crippen LogP contribution in [0.15, 0.2) is 36.5 Å². The summed E-state index contributed by atoms with van der Waals surface area (Å²) in [6.07, 6.45) is 1.60. The number of carbonyl (C=O) groups is 3. The van der Waals surface area contributed by atoms with Crippen molar-refractivity contribution in [2.24, 2.45) is 0 Å². The second-order valence-electron chi connectivity index (χ2n) is 7.77. The van der Waals surface area contributed by atoms with Gasteiger partial charge in [-0.3, -0.25) is 14.4 Å². The zero-order chi connectivity index (χ0) is 25.3. The summed E-state index contributed by atoms with van der Waals surface area (Å²) in [6, 6.07) is 7.33. The lowest BCUT2D eigenvalue weighted by molar-refractivity contribution is -0.117. The number of pyridine rings is 1. The Morgan fingerprint density at radius 3 is 2.71 bits per heavy atom. The third kappa shape index (κ3) is 4.77. The van der Waals surface area contributed by atoms with Crippen molar-refractivity contribution >= 4 is 56.8 Å². The van der Waals surface area contributed by atoms with Gasteiger partial charge in [0, 0.05) is 29.6 Å². The number of fused-ring (bicyclic) bond motifs is 1. The molecule has 12 heteroatoms. The van der Waals surface area contributed by atoms with Crippen LogP contribution in [0, 0.1) is 5.82 Å². The van der Waals surface area contributed by atoms with Crippen molar-refractivity contribution in [1.82, 2.24) is 24.2 Å². The molecule has 0 saturated carbocycles. The van der Waals surface area contributed by atoms with E-state index in [1.54, 1.807) is 25.3 Å². The first-order valence-electron chi connectivity index (χ1n) is 10.5. The number of Topliss-reactive ketones (excluding diaryl/α,β-unsaturated/α-hetero) is 1. The van der Waals surface area contributed by atoms with Crippen molar-refractivity contribution in [3.63, 3.8) is 0 Å². The van der Waals surface area contributed by atoms with Gasteiger partial charge in [-0.05, 0) is 54.4 Å². The Kier molecular flexibility index (Phi) is 6.90. The van der Waals surface area contributed by atoms with Gasteiger partial charge in [-0.1, -0.05) is 18.5 Å². The van der Waals surface area contributed by atoms with Gasteiger partial charge < -0.3 is 15.2 Å². The van der Waals surface area contributed by atoms with Crippen LogP contribution >= 0.6 is 23.1 Å². The number of anilines is 1. The first kappa shape index (κ1) is 24.4. The van der Waals surface area contributed by atoms with E-state index in [-0.39, 0.29) is 34.7 Å². The molecule has 0 spiro atoms. The monoisotopic (exact) mass is 514 g/mol. The maximum absolute atomic E-state index is 14.1. The number of nitrogens with zero attached hydrogens (tertiary/aromatic N) is 4. The van der Waals surface area contributed by atoms with Gasteiger partial charge in [0.05, 0.1) is 12.2 Å². The van der Waals surface area contributed by atoms with E-state index in [0.29, 0.717) is 21.5 Å². The molecule has 0 aliphatic rings. The lowest BCUT2D eigenvalue weighted by atomic mass is 9.96. The topological polar surface area (TPSA) is 119 Å². The summed E-state index contributed by atoms with van der Waals surface area (Å²) in [5.41, 5.74) is 0.860. The standard InChI is InChI=1S/C23H20ClFN6O3S/c1-11(32)10-31-18(12(2)15-9-13(25)6-7-16(15)24)19(28-20(31)22(34)26-3)29-21(33)17-14-5-4-8-27-23(14)35-30-17/h4-9,12H,10H2,1-3H3,(H,26,34)(H,29,33)/t12-/m1/s1. The Bertz CT molecular complexity index is 1470. The molecule has 0 radical (unpaired) electrons. The Morgan fingerprint density at radius 2 is 2.00 bits per heavy atom. The van der Waals surface area contributed by atoms with Gasteiger partial charge in [-0.15, -0.1) is 0 Å². The number of hydrogen-bond acceptors (Lipinski definition) is 7. The predicted molar refractivity (Wildman–Crippen MR) is 131 cm³/mol. The molecule has 3 aromatic heterocycles. The number of nitrogens with one attached hydrogen (secondary N) is 2. The summed E-state index contributed by atoms with van der Waals surface area (Å²) in [5.74, 6) is -2.58. The maximum atomic E-state index is 14.1. The number of benzene rings is 1. The molecule has 180 valence electrons. The van der Waals surface area contributed by atoms with Crippen molar-refractivity contribution < 1.29 is 18.8 Å². The normalized spacial score (nSPS) is 11.9. The molecule has 0 bridgehead atoms. The molecule has 0 aliphatic heterocycles. The highest BCUT2D eigenvalue weighted by molar-refractivity contribution is 7.13. The van der Waals surface area contributed by atoms with Crippen LogP contribution in [-0.4, -0.2) is 43.6 Å². The minimum absolute atomic E-state index is 0.0349. The number of rotatable bonds is 7. The Hall–Kier alpha value is -3.70. The fourth-order valence-corrected chi connectivity index (χ4v) is 4.78. The van der Waals surface area contributed by atoms with Crippen LogP contribution in [-0.2, 0) is 11.3 Å². The van der Waals surface area contributed by atoms with Crippen molar-refractivity contribution in [3.05, 3.63) is 70.1 Å². The average Bonchev–Trinajstić information content (AvgIpc) is 3.41. The molecule has 0 saturated heterocycles. The number of carbonyl (C=O) groups excluding carboxylic acids is 3. The molecular weight excluding hydrogens is 495 g/mol. The Labute approximate surface area is 208 Å². The molecule has 1 atom stereocenters. The van der Waals surface area contributed by atoms with Gasteiger partial charge in [0.1, 0.15) is 16.4 Å². The van der Waals surface area contributed by atoms with Gasteiger partial charge in [-0.2, -0.15) is 4.37 Å². The van der Waals surface area contributed by atoms with Crippen molar-refractivity contribution in [2.75, 3.05) is 12.4 Å². The van der Waals surface area contributed by atoms with Gasteiger partial charge in [0.2, 0.25) is 5.82 Å². The van der Waals surface area contributed by atoms with Gasteiger partial charge in [0.25, 0.3) is 11.8 Å². The van der Waals surface area contributed by atoms with E-state index < -0.39 is 23.5 Å².